The van der Waals surface area contributed by atoms with E-state index in [9.17, 15) is 18.0 Å². The van der Waals surface area contributed by atoms with E-state index in [0.29, 0.717) is 38.9 Å². The van der Waals surface area contributed by atoms with Gasteiger partial charge in [0.15, 0.2) is 0 Å². The van der Waals surface area contributed by atoms with Gasteiger partial charge in [-0.3, -0.25) is 4.79 Å². The molecule has 0 saturated carbocycles. The molecular formula is C13H24N4O4S. The number of rotatable bonds is 3. The molecule has 0 unspecified atom stereocenters. The molecule has 0 aliphatic carbocycles. The molecule has 0 aromatic rings. The van der Waals surface area contributed by atoms with Gasteiger partial charge in [0, 0.05) is 25.7 Å². The normalized spacial score (nSPS) is 25.1. The fourth-order valence-corrected chi connectivity index (χ4v) is 3.67. The highest BCUT2D eigenvalue weighted by atomic mass is 32.2. The van der Waals surface area contributed by atoms with E-state index in [1.807, 2.05) is 0 Å². The Kier molecular flexibility index (Phi) is 5.63. The highest BCUT2D eigenvalue weighted by Crippen LogP contribution is 2.13. The number of carbonyl (C=O) groups is 2. The third kappa shape index (κ3) is 4.84. The summed E-state index contributed by atoms with van der Waals surface area (Å²) in [4.78, 5) is 23.8. The molecule has 22 heavy (non-hydrogen) atoms. The molecule has 2 aliphatic rings. The van der Waals surface area contributed by atoms with Gasteiger partial charge >= 0.3 is 6.03 Å². The van der Waals surface area contributed by atoms with Gasteiger partial charge in [0.25, 0.3) is 0 Å². The Balaban J connectivity index is 1.77. The molecule has 2 rings (SSSR count). The lowest BCUT2D eigenvalue weighted by Crippen LogP contribution is -2.53. The van der Waals surface area contributed by atoms with Crippen molar-refractivity contribution in [2.75, 3.05) is 25.9 Å². The van der Waals surface area contributed by atoms with E-state index in [2.05, 4.69) is 16.0 Å². The lowest BCUT2D eigenvalue weighted by molar-refractivity contribution is -0.122. The van der Waals surface area contributed by atoms with Crippen molar-refractivity contribution < 1.29 is 18.0 Å². The zero-order valence-electron chi connectivity index (χ0n) is 12.8. The second-order valence-corrected chi connectivity index (χ2v) is 7.88. The maximum absolute atomic E-state index is 12.0. The maximum atomic E-state index is 12.0. The largest absolute Gasteiger partial charge is 0.354 e. The van der Waals surface area contributed by atoms with Crippen LogP contribution in [0.4, 0.5) is 4.79 Å². The first-order valence-electron chi connectivity index (χ1n) is 7.66. The van der Waals surface area contributed by atoms with Gasteiger partial charge in [-0.2, -0.15) is 0 Å². The Morgan fingerprint density at radius 3 is 2.50 bits per heavy atom. The van der Waals surface area contributed by atoms with Gasteiger partial charge in [0.1, 0.15) is 6.04 Å². The lowest BCUT2D eigenvalue weighted by Gasteiger charge is -2.31. The molecule has 2 aliphatic heterocycles. The van der Waals surface area contributed by atoms with Crippen molar-refractivity contribution >= 4 is 22.0 Å². The molecule has 0 aromatic heterocycles. The zero-order chi connectivity index (χ0) is 16.2. The van der Waals surface area contributed by atoms with Gasteiger partial charge in [0.05, 0.1) is 6.26 Å². The van der Waals surface area contributed by atoms with Crippen LogP contribution in [0.25, 0.3) is 0 Å². The van der Waals surface area contributed by atoms with Gasteiger partial charge in [-0.1, -0.05) is 0 Å². The van der Waals surface area contributed by atoms with Crippen molar-refractivity contribution in [2.24, 2.45) is 0 Å². The van der Waals surface area contributed by atoms with Crippen LogP contribution < -0.4 is 16.0 Å². The van der Waals surface area contributed by atoms with E-state index < -0.39 is 16.1 Å². The number of piperidine rings is 1. The molecule has 126 valence electrons. The summed E-state index contributed by atoms with van der Waals surface area (Å²) in [6, 6.07) is -0.912. The molecular weight excluding hydrogens is 308 g/mol. The first-order chi connectivity index (χ1) is 10.4. The van der Waals surface area contributed by atoms with E-state index in [1.165, 1.54) is 10.6 Å². The second kappa shape index (κ2) is 7.28. The second-order valence-electron chi connectivity index (χ2n) is 5.89. The number of hydrogen-bond acceptors (Lipinski definition) is 4. The summed E-state index contributed by atoms with van der Waals surface area (Å²) < 4.78 is 24.3. The molecule has 0 radical (unpaired) electrons. The summed E-state index contributed by atoms with van der Waals surface area (Å²) in [6.45, 7) is 1.48. The van der Waals surface area contributed by atoms with Crippen molar-refractivity contribution in [3.8, 4) is 0 Å². The molecule has 2 saturated heterocycles. The summed E-state index contributed by atoms with van der Waals surface area (Å²) in [7, 11) is -3.16. The van der Waals surface area contributed by atoms with Crippen LogP contribution in [0.2, 0.25) is 0 Å². The summed E-state index contributed by atoms with van der Waals surface area (Å²) in [5, 5.41) is 8.30. The van der Waals surface area contributed by atoms with Gasteiger partial charge in [-0.25, -0.2) is 17.5 Å². The van der Waals surface area contributed by atoms with Gasteiger partial charge in [-0.15, -0.1) is 0 Å². The first kappa shape index (κ1) is 17.0. The lowest BCUT2D eigenvalue weighted by atomic mass is 10.1. The number of nitrogens with zero attached hydrogens (tertiary/aromatic N) is 1. The highest BCUT2D eigenvalue weighted by Gasteiger charge is 2.27. The molecule has 2 fully saturated rings. The minimum absolute atomic E-state index is 0.0631. The highest BCUT2D eigenvalue weighted by molar-refractivity contribution is 7.88. The third-order valence-corrected chi connectivity index (χ3v) is 5.40. The molecule has 1 atom stereocenters. The minimum Gasteiger partial charge on any atom is -0.354 e. The van der Waals surface area contributed by atoms with Crippen LogP contribution >= 0.6 is 0 Å². The molecule has 0 bridgehead atoms. The molecule has 3 N–H and O–H groups in total. The quantitative estimate of drug-likeness (QED) is 0.640. The van der Waals surface area contributed by atoms with Gasteiger partial charge < -0.3 is 16.0 Å². The third-order valence-electron chi connectivity index (χ3n) is 4.10. The van der Waals surface area contributed by atoms with Crippen molar-refractivity contribution in [1.82, 2.24) is 20.3 Å². The van der Waals surface area contributed by atoms with Gasteiger partial charge in [-0.05, 0) is 32.1 Å². The fourth-order valence-electron chi connectivity index (χ4n) is 2.79. The molecule has 3 amide bonds. The van der Waals surface area contributed by atoms with Crippen LogP contribution in [0.1, 0.15) is 32.1 Å². The molecule has 2 heterocycles. The summed E-state index contributed by atoms with van der Waals surface area (Å²) in [6.07, 6.45) is 4.82. The number of urea groups is 1. The first-order valence-corrected chi connectivity index (χ1v) is 9.51. The molecule has 9 heteroatoms. The smallest absolute Gasteiger partial charge is 0.315 e. The monoisotopic (exact) mass is 332 g/mol. The van der Waals surface area contributed by atoms with E-state index >= 15 is 0 Å². The van der Waals surface area contributed by atoms with E-state index in [-0.39, 0.29) is 18.0 Å². The average Bonchev–Trinajstić information content (AvgIpc) is 2.64. The van der Waals surface area contributed by atoms with Crippen molar-refractivity contribution in [3.63, 3.8) is 0 Å². The van der Waals surface area contributed by atoms with Gasteiger partial charge in [0.2, 0.25) is 15.9 Å². The van der Waals surface area contributed by atoms with Crippen LogP contribution in [0.3, 0.4) is 0 Å². The summed E-state index contributed by atoms with van der Waals surface area (Å²) >= 11 is 0. The average molecular weight is 332 g/mol. The Hall–Kier alpha value is -1.35. The predicted octanol–water partition coefficient (Wildman–Crippen LogP) is -0.622. The Bertz CT molecular complexity index is 514. The van der Waals surface area contributed by atoms with E-state index in [0.717, 1.165) is 12.8 Å². The van der Waals surface area contributed by atoms with Crippen LogP contribution in [0, 0.1) is 0 Å². The fraction of sp³-hybridized carbons (Fsp3) is 0.846. The Morgan fingerprint density at radius 1 is 1.18 bits per heavy atom. The van der Waals surface area contributed by atoms with Crippen molar-refractivity contribution in [1.29, 1.82) is 0 Å². The SMILES string of the molecule is CS(=O)(=O)N1CCC(NC(=O)N[C@@H]2CCCCNC2=O)CC1. The molecule has 8 nitrogen and oxygen atoms in total. The summed E-state index contributed by atoms with van der Waals surface area (Å²) in [5.74, 6) is -0.139. The number of nitrogens with one attached hydrogen (secondary N) is 3. The molecule has 0 spiro atoms. The van der Waals surface area contributed by atoms with Crippen LogP contribution in [-0.2, 0) is 14.8 Å². The number of sulfonamides is 1. The Morgan fingerprint density at radius 2 is 1.86 bits per heavy atom. The summed E-state index contributed by atoms with van der Waals surface area (Å²) in [5.41, 5.74) is 0. The van der Waals surface area contributed by atoms with Crippen LogP contribution in [0.15, 0.2) is 0 Å². The van der Waals surface area contributed by atoms with Crippen molar-refractivity contribution in [2.45, 2.75) is 44.2 Å². The topological polar surface area (TPSA) is 108 Å². The molecule has 0 aromatic carbocycles. The minimum atomic E-state index is -3.16. The predicted molar refractivity (Wildman–Crippen MR) is 81.8 cm³/mol. The Labute approximate surface area is 131 Å². The standard InChI is InChI=1S/C13H24N4O4S/c1-22(20,21)17-8-5-10(6-9-17)15-13(19)16-11-4-2-3-7-14-12(11)18/h10-11H,2-9H2,1H3,(H,14,18)(H2,15,16,19)/t11-/m1/s1. The zero-order valence-corrected chi connectivity index (χ0v) is 13.6. The number of carbonyl (C=O) groups excluding carboxylic acids is 2. The van der Waals surface area contributed by atoms with Crippen LogP contribution in [0.5, 0.6) is 0 Å². The maximum Gasteiger partial charge on any atom is 0.315 e. The number of hydrogen-bond donors (Lipinski definition) is 3. The van der Waals surface area contributed by atoms with E-state index in [4.69, 9.17) is 0 Å². The van der Waals surface area contributed by atoms with E-state index in [1.54, 1.807) is 0 Å². The number of amides is 3. The van der Waals surface area contributed by atoms with Crippen molar-refractivity contribution in [3.05, 3.63) is 0 Å². The van der Waals surface area contributed by atoms with Crippen LogP contribution in [-0.4, -0.2) is 62.6 Å².